The first-order valence-electron chi connectivity index (χ1n) is 7.11. The van der Waals surface area contributed by atoms with Crippen molar-refractivity contribution in [3.05, 3.63) is 11.3 Å². The first kappa shape index (κ1) is 14.6. The monoisotopic (exact) mass is 280 g/mol. The molecule has 1 heterocycles. The van der Waals surface area contributed by atoms with Crippen molar-refractivity contribution in [3.63, 3.8) is 0 Å². The van der Waals surface area contributed by atoms with Crippen LogP contribution in [0, 0.1) is 0 Å². The first-order chi connectivity index (χ1) is 9.61. The van der Waals surface area contributed by atoms with E-state index in [2.05, 4.69) is 5.32 Å². The van der Waals surface area contributed by atoms with Gasteiger partial charge in [0, 0.05) is 12.6 Å². The lowest BCUT2D eigenvalue weighted by Gasteiger charge is -2.34. The van der Waals surface area contributed by atoms with Crippen LogP contribution in [0.25, 0.3) is 0 Å². The molecule has 1 unspecified atom stereocenters. The van der Waals surface area contributed by atoms with Gasteiger partial charge in [0.25, 0.3) is 11.8 Å². The number of aliphatic hydroxyl groups is 1. The van der Waals surface area contributed by atoms with Crippen LogP contribution >= 0.6 is 0 Å². The maximum absolute atomic E-state index is 12.2. The molecular formula is C14H20N2O4. The topological polar surface area (TPSA) is 86.7 Å². The van der Waals surface area contributed by atoms with E-state index in [9.17, 15) is 19.5 Å². The molecule has 0 aromatic carbocycles. The van der Waals surface area contributed by atoms with E-state index in [1.807, 2.05) is 0 Å². The van der Waals surface area contributed by atoms with Crippen molar-refractivity contribution in [3.8, 4) is 0 Å². The van der Waals surface area contributed by atoms with Gasteiger partial charge >= 0.3 is 0 Å². The molecule has 2 N–H and O–H groups in total. The Balaban J connectivity index is 2.27. The summed E-state index contributed by atoms with van der Waals surface area (Å²) in [5.41, 5.74) is -0.113. The van der Waals surface area contributed by atoms with E-state index >= 15 is 0 Å². The Labute approximate surface area is 117 Å². The fourth-order valence-corrected chi connectivity index (χ4v) is 3.03. The molecule has 1 saturated carbocycles. The van der Waals surface area contributed by atoms with Crippen LogP contribution in [0.3, 0.4) is 0 Å². The van der Waals surface area contributed by atoms with E-state index in [-0.39, 0.29) is 11.6 Å². The largest absolute Gasteiger partial charge is 0.503 e. The SMILES string of the molecule is CCNC(=O)C1=C(O)C(=O)N(C2CCCCC2)C1C=O. The number of carbonyl (C=O) groups is 3. The van der Waals surface area contributed by atoms with Crippen molar-refractivity contribution in [2.24, 2.45) is 0 Å². The number of hydrogen-bond donors (Lipinski definition) is 2. The van der Waals surface area contributed by atoms with Crippen molar-refractivity contribution in [2.45, 2.75) is 51.1 Å². The Morgan fingerprint density at radius 1 is 1.40 bits per heavy atom. The van der Waals surface area contributed by atoms with Gasteiger partial charge in [0.05, 0.1) is 5.57 Å². The minimum absolute atomic E-state index is 0.0690. The second-order valence-corrected chi connectivity index (χ2v) is 5.21. The third-order valence-corrected chi connectivity index (χ3v) is 3.97. The molecule has 1 fully saturated rings. The van der Waals surface area contributed by atoms with Crippen LogP contribution in [-0.2, 0) is 14.4 Å². The van der Waals surface area contributed by atoms with Crippen LogP contribution < -0.4 is 5.32 Å². The number of likely N-dealkylation sites (N-methyl/N-ethyl adjacent to an activating group) is 1. The van der Waals surface area contributed by atoms with E-state index in [4.69, 9.17) is 0 Å². The number of aldehydes is 1. The van der Waals surface area contributed by atoms with E-state index in [0.717, 1.165) is 32.1 Å². The smallest absolute Gasteiger partial charge is 0.290 e. The molecule has 2 rings (SSSR count). The molecule has 0 radical (unpaired) electrons. The Morgan fingerprint density at radius 2 is 2.05 bits per heavy atom. The van der Waals surface area contributed by atoms with Gasteiger partial charge < -0.3 is 20.1 Å². The molecule has 0 aromatic heterocycles. The number of carbonyl (C=O) groups excluding carboxylic acids is 3. The van der Waals surface area contributed by atoms with Gasteiger partial charge in [-0.15, -0.1) is 0 Å². The van der Waals surface area contributed by atoms with E-state index < -0.39 is 23.6 Å². The summed E-state index contributed by atoms with van der Waals surface area (Å²) in [5, 5.41) is 12.5. The molecule has 0 spiro atoms. The molecule has 6 heteroatoms. The maximum Gasteiger partial charge on any atom is 0.290 e. The number of amides is 2. The summed E-state index contributed by atoms with van der Waals surface area (Å²) in [4.78, 5) is 36.8. The van der Waals surface area contributed by atoms with Crippen molar-refractivity contribution in [2.75, 3.05) is 6.54 Å². The zero-order chi connectivity index (χ0) is 14.7. The highest BCUT2D eigenvalue weighted by molar-refractivity contribution is 6.11. The van der Waals surface area contributed by atoms with Gasteiger partial charge in [-0.25, -0.2) is 0 Å². The third-order valence-electron chi connectivity index (χ3n) is 3.97. The highest BCUT2D eigenvalue weighted by Crippen LogP contribution is 2.32. The average molecular weight is 280 g/mol. The Hall–Kier alpha value is -1.85. The molecule has 2 aliphatic rings. The van der Waals surface area contributed by atoms with Crippen LogP contribution in [0.5, 0.6) is 0 Å². The number of aliphatic hydroxyl groups excluding tert-OH is 1. The Bertz CT molecular complexity index is 452. The summed E-state index contributed by atoms with van der Waals surface area (Å²) >= 11 is 0. The summed E-state index contributed by atoms with van der Waals surface area (Å²) in [6, 6.07) is -1.03. The molecule has 1 aliphatic heterocycles. The summed E-state index contributed by atoms with van der Waals surface area (Å²) in [6.07, 6.45) is 5.31. The molecule has 20 heavy (non-hydrogen) atoms. The third kappa shape index (κ3) is 2.42. The van der Waals surface area contributed by atoms with Gasteiger partial charge in [0.2, 0.25) is 0 Å². The van der Waals surface area contributed by atoms with E-state index in [1.54, 1.807) is 6.92 Å². The Morgan fingerprint density at radius 3 is 2.60 bits per heavy atom. The number of nitrogens with zero attached hydrogens (tertiary/aromatic N) is 1. The lowest BCUT2D eigenvalue weighted by molar-refractivity contribution is -0.134. The minimum atomic E-state index is -0.961. The molecule has 110 valence electrons. The normalized spacial score (nSPS) is 24.1. The molecular weight excluding hydrogens is 260 g/mol. The van der Waals surface area contributed by atoms with Gasteiger partial charge in [-0.3, -0.25) is 9.59 Å². The van der Waals surface area contributed by atoms with Crippen LogP contribution in [0.1, 0.15) is 39.0 Å². The number of nitrogens with one attached hydrogen (secondary N) is 1. The molecule has 0 aromatic rings. The summed E-state index contributed by atoms with van der Waals surface area (Å²) in [7, 11) is 0. The van der Waals surface area contributed by atoms with Gasteiger partial charge in [-0.2, -0.15) is 0 Å². The summed E-state index contributed by atoms with van der Waals surface area (Å²) in [5.74, 6) is -1.73. The van der Waals surface area contributed by atoms with Gasteiger partial charge in [0.15, 0.2) is 5.76 Å². The van der Waals surface area contributed by atoms with Crippen molar-refractivity contribution in [1.29, 1.82) is 0 Å². The fraction of sp³-hybridized carbons (Fsp3) is 0.643. The van der Waals surface area contributed by atoms with Crippen LogP contribution in [-0.4, -0.2) is 46.7 Å². The summed E-state index contributed by atoms with van der Waals surface area (Å²) in [6.45, 7) is 2.11. The fourth-order valence-electron chi connectivity index (χ4n) is 3.03. The maximum atomic E-state index is 12.2. The quantitative estimate of drug-likeness (QED) is 0.741. The van der Waals surface area contributed by atoms with Crippen LogP contribution in [0.15, 0.2) is 11.3 Å². The van der Waals surface area contributed by atoms with Gasteiger partial charge in [-0.1, -0.05) is 19.3 Å². The zero-order valence-corrected chi connectivity index (χ0v) is 11.6. The van der Waals surface area contributed by atoms with Crippen LogP contribution in [0.4, 0.5) is 0 Å². The van der Waals surface area contributed by atoms with E-state index in [0.29, 0.717) is 12.8 Å². The number of hydrogen-bond acceptors (Lipinski definition) is 4. The lowest BCUT2D eigenvalue weighted by Crippen LogP contribution is -2.46. The standard InChI is InChI=1S/C14H20N2O4/c1-2-15-13(19)11-10(8-17)16(14(20)12(11)18)9-6-4-3-5-7-9/h8-10,18H,2-7H2,1H3,(H,15,19). The predicted octanol–water partition coefficient (Wildman–Crippen LogP) is 0.677. The molecule has 0 saturated heterocycles. The average Bonchev–Trinajstić information content (AvgIpc) is 2.72. The zero-order valence-electron chi connectivity index (χ0n) is 11.6. The molecule has 0 bridgehead atoms. The van der Waals surface area contributed by atoms with Gasteiger partial charge in [-0.05, 0) is 19.8 Å². The van der Waals surface area contributed by atoms with Crippen molar-refractivity contribution in [1.82, 2.24) is 10.2 Å². The predicted molar refractivity (Wildman–Crippen MR) is 71.9 cm³/mol. The highest BCUT2D eigenvalue weighted by atomic mass is 16.3. The first-order valence-corrected chi connectivity index (χ1v) is 7.11. The summed E-state index contributed by atoms with van der Waals surface area (Å²) < 4.78 is 0. The van der Waals surface area contributed by atoms with Crippen LogP contribution in [0.2, 0.25) is 0 Å². The lowest BCUT2D eigenvalue weighted by atomic mass is 9.93. The van der Waals surface area contributed by atoms with E-state index in [1.165, 1.54) is 4.90 Å². The highest BCUT2D eigenvalue weighted by Gasteiger charge is 2.45. The minimum Gasteiger partial charge on any atom is -0.503 e. The number of rotatable bonds is 4. The second kappa shape index (κ2) is 6.07. The molecule has 1 atom stereocenters. The second-order valence-electron chi connectivity index (χ2n) is 5.21. The molecule has 1 aliphatic carbocycles. The van der Waals surface area contributed by atoms with Crippen molar-refractivity contribution >= 4 is 18.1 Å². The van der Waals surface area contributed by atoms with Gasteiger partial charge in [0.1, 0.15) is 12.3 Å². The molecule has 6 nitrogen and oxygen atoms in total. The molecule has 2 amide bonds. The van der Waals surface area contributed by atoms with Crippen molar-refractivity contribution < 1.29 is 19.5 Å². The Kier molecular flexibility index (Phi) is 4.42.